The summed E-state index contributed by atoms with van der Waals surface area (Å²) in [7, 11) is 0. The minimum Gasteiger partial charge on any atom is -0.466 e. The third-order valence-electron chi connectivity index (χ3n) is 3.80. The molecule has 1 aromatic heterocycles. The van der Waals surface area contributed by atoms with Gasteiger partial charge in [0.2, 0.25) is 0 Å². The highest BCUT2D eigenvalue weighted by Gasteiger charge is 2.16. The number of nitrogens with zero attached hydrogens (tertiary/aromatic N) is 1. The SMILES string of the molecule is N#C/C(=C(\N)Sc1ccccc1N)c1cccc(C(O)c2ccco2)c1. The zero-order valence-corrected chi connectivity index (χ0v) is 14.6. The summed E-state index contributed by atoms with van der Waals surface area (Å²) in [6.45, 7) is 0. The second-order valence-corrected chi connectivity index (χ2v) is 6.62. The van der Waals surface area contributed by atoms with Crippen molar-refractivity contribution in [2.24, 2.45) is 5.73 Å². The molecule has 0 aliphatic heterocycles. The molecule has 1 unspecified atom stereocenters. The normalized spacial score (nSPS) is 12.9. The van der Waals surface area contributed by atoms with Crippen molar-refractivity contribution in [3.05, 3.63) is 88.8 Å². The van der Waals surface area contributed by atoms with E-state index in [1.54, 1.807) is 42.5 Å². The molecule has 5 N–H and O–H groups in total. The van der Waals surface area contributed by atoms with Gasteiger partial charge in [0.1, 0.15) is 17.9 Å². The van der Waals surface area contributed by atoms with Crippen molar-refractivity contribution in [3.8, 4) is 6.07 Å². The van der Waals surface area contributed by atoms with Gasteiger partial charge in [0.25, 0.3) is 0 Å². The highest BCUT2D eigenvalue weighted by molar-refractivity contribution is 8.03. The molecule has 0 bridgehead atoms. The molecule has 3 aromatic rings. The van der Waals surface area contributed by atoms with Crippen LogP contribution in [0.3, 0.4) is 0 Å². The van der Waals surface area contributed by atoms with Crippen LogP contribution in [0.15, 0.2) is 81.3 Å². The van der Waals surface area contributed by atoms with Crippen molar-refractivity contribution in [3.63, 3.8) is 0 Å². The Morgan fingerprint density at radius 2 is 1.92 bits per heavy atom. The van der Waals surface area contributed by atoms with Crippen molar-refractivity contribution in [2.45, 2.75) is 11.0 Å². The minimum atomic E-state index is -0.913. The third-order valence-corrected chi connectivity index (χ3v) is 4.82. The largest absolute Gasteiger partial charge is 0.466 e. The van der Waals surface area contributed by atoms with E-state index in [2.05, 4.69) is 6.07 Å². The Balaban J connectivity index is 1.94. The number of nitriles is 1. The van der Waals surface area contributed by atoms with Gasteiger partial charge in [-0.1, -0.05) is 42.1 Å². The van der Waals surface area contributed by atoms with Crippen LogP contribution in [-0.2, 0) is 0 Å². The number of nitrogens with two attached hydrogens (primary N) is 2. The Bertz CT molecular complexity index is 975. The van der Waals surface area contributed by atoms with Crippen LogP contribution in [-0.4, -0.2) is 5.11 Å². The molecule has 0 radical (unpaired) electrons. The number of furan rings is 1. The number of hydrogen-bond acceptors (Lipinski definition) is 6. The summed E-state index contributed by atoms with van der Waals surface area (Å²) in [5.41, 5.74) is 14.3. The molecule has 1 heterocycles. The summed E-state index contributed by atoms with van der Waals surface area (Å²) in [5.74, 6) is 0.434. The van der Waals surface area contributed by atoms with Crippen molar-refractivity contribution in [1.29, 1.82) is 5.26 Å². The van der Waals surface area contributed by atoms with Crippen LogP contribution in [0.4, 0.5) is 5.69 Å². The highest BCUT2D eigenvalue weighted by atomic mass is 32.2. The molecular weight excluding hydrogens is 346 g/mol. The van der Waals surface area contributed by atoms with Crippen LogP contribution in [0.1, 0.15) is 23.0 Å². The molecular formula is C20H17N3O2S. The van der Waals surface area contributed by atoms with E-state index in [9.17, 15) is 10.4 Å². The van der Waals surface area contributed by atoms with Gasteiger partial charge in [0, 0.05) is 10.6 Å². The number of aliphatic hydroxyl groups is 1. The molecule has 3 rings (SSSR count). The van der Waals surface area contributed by atoms with Crippen molar-refractivity contribution < 1.29 is 9.52 Å². The first-order chi connectivity index (χ1) is 12.6. The molecule has 0 spiro atoms. The summed E-state index contributed by atoms with van der Waals surface area (Å²) in [5, 5.41) is 20.4. The van der Waals surface area contributed by atoms with Gasteiger partial charge in [0.15, 0.2) is 0 Å². The fourth-order valence-corrected chi connectivity index (χ4v) is 3.32. The van der Waals surface area contributed by atoms with E-state index >= 15 is 0 Å². The molecule has 0 aliphatic carbocycles. The molecule has 0 saturated heterocycles. The first-order valence-corrected chi connectivity index (χ1v) is 8.66. The monoisotopic (exact) mass is 363 g/mol. The smallest absolute Gasteiger partial charge is 0.137 e. The van der Waals surface area contributed by atoms with Gasteiger partial charge in [0.05, 0.1) is 16.9 Å². The van der Waals surface area contributed by atoms with E-state index in [4.69, 9.17) is 15.9 Å². The van der Waals surface area contributed by atoms with Gasteiger partial charge in [-0.05, 0) is 41.5 Å². The average molecular weight is 363 g/mol. The van der Waals surface area contributed by atoms with Crippen LogP contribution in [0, 0.1) is 11.3 Å². The lowest BCUT2D eigenvalue weighted by Crippen LogP contribution is -2.01. The molecule has 2 aromatic carbocycles. The third kappa shape index (κ3) is 3.75. The summed E-state index contributed by atoms with van der Waals surface area (Å²) < 4.78 is 5.25. The number of benzene rings is 2. The van der Waals surface area contributed by atoms with Crippen LogP contribution in [0.2, 0.25) is 0 Å². The molecule has 0 saturated carbocycles. The zero-order valence-electron chi connectivity index (χ0n) is 13.8. The van der Waals surface area contributed by atoms with Crippen LogP contribution >= 0.6 is 11.8 Å². The molecule has 26 heavy (non-hydrogen) atoms. The van der Waals surface area contributed by atoms with Gasteiger partial charge in [-0.25, -0.2) is 0 Å². The van der Waals surface area contributed by atoms with E-state index < -0.39 is 6.10 Å². The number of anilines is 1. The fraction of sp³-hybridized carbons (Fsp3) is 0.0500. The van der Waals surface area contributed by atoms with E-state index in [1.807, 2.05) is 18.2 Å². The number of hydrogen-bond donors (Lipinski definition) is 3. The second kappa shape index (κ2) is 7.83. The summed E-state index contributed by atoms with van der Waals surface area (Å²) in [4.78, 5) is 0.782. The van der Waals surface area contributed by atoms with Crippen LogP contribution < -0.4 is 11.5 Å². The summed E-state index contributed by atoms with van der Waals surface area (Å²) >= 11 is 1.24. The van der Waals surface area contributed by atoms with Gasteiger partial charge in [-0.2, -0.15) is 5.26 Å². The number of allylic oxidation sites excluding steroid dienone is 1. The van der Waals surface area contributed by atoms with E-state index in [-0.39, 0.29) is 0 Å². The average Bonchev–Trinajstić information content (AvgIpc) is 3.18. The lowest BCUT2D eigenvalue weighted by molar-refractivity contribution is 0.189. The molecule has 1 atom stereocenters. The topological polar surface area (TPSA) is 109 Å². The van der Waals surface area contributed by atoms with E-state index in [0.717, 1.165) is 4.90 Å². The van der Waals surface area contributed by atoms with E-state index in [1.165, 1.54) is 18.0 Å². The standard InChI is InChI=1S/C20H17N3O2S/c21-12-15(20(23)26-18-9-2-1-7-16(18)22)13-5-3-6-14(11-13)19(24)17-8-4-10-25-17/h1-11,19,24H,22-23H2/b20-15-. The Labute approximate surface area is 155 Å². The van der Waals surface area contributed by atoms with Gasteiger partial charge >= 0.3 is 0 Å². The molecule has 130 valence electrons. The molecule has 0 amide bonds. The number of para-hydroxylation sites is 1. The lowest BCUT2D eigenvalue weighted by atomic mass is 10.0. The first kappa shape index (κ1) is 17.7. The zero-order chi connectivity index (χ0) is 18.5. The number of nitrogen functional groups attached to an aromatic ring is 1. The van der Waals surface area contributed by atoms with Gasteiger partial charge in [-0.3, -0.25) is 0 Å². The van der Waals surface area contributed by atoms with Crippen LogP contribution in [0.25, 0.3) is 5.57 Å². The Morgan fingerprint density at radius 3 is 2.62 bits per heavy atom. The fourth-order valence-electron chi connectivity index (χ4n) is 2.48. The first-order valence-electron chi connectivity index (χ1n) is 7.84. The maximum atomic E-state index is 10.4. The van der Waals surface area contributed by atoms with Crippen molar-refractivity contribution in [2.75, 3.05) is 5.73 Å². The molecule has 0 fully saturated rings. The molecule has 6 heteroatoms. The number of aliphatic hydroxyl groups excluding tert-OH is 1. The maximum absolute atomic E-state index is 10.4. The second-order valence-electron chi connectivity index (χ2n) is 5.53. The van der Waals surface area contributed by atoms with Crippen molar-refractivity contribution in [1.82, 2.24) is 0 Å². The minimum absolute atomic E-state index is 0.326. The Kier molecular flexibility index (Phi) is 5.32. The maximum Gasteiger partial charge on any atom is 0.137 e. The quantitative estimate of drug-likeness (QED) is 0.360. The Morgan fingerprint density at radius 1 is 1.12 bits per heavy atom. The van der Waals surface area contributed by atoms with Crippen LogP contribution in [0.5, 0.6) is 0 Å². The number of thioether (sulfide) groups is 1. The number of rotatable bonds is 5. The van der Waals surface area contributed by atoms with Crippen molar-refractivity contribution >= 4 is 23.0 Å². The summed E-state index contributed by atoms with van der Waals surface area (Å²) in [6, 6.07) is 19.9. The molecule has 0 aliphatic rings. The van der Waals surface area contributed by atoms with Gasteiger partial charge in [-0.15, -0.1) is 0 Å². The summed E-state index contributed by atoms with van der Waals surface area (Å²) in [6.07, 6.45) is 0.589. The molecule has 5 nitrogen and oxygen atoms in total. The van der Waals surface area contributed by atoms with Gasteiger partial charge < -0.3 is 21.0 Å². The highest BCUT2D eigenvalue weighted by Crippen LogP contribution is 2.33. The predicted molar refractivity (Wildman–Crippen MR) is 103 cm³/mol. The predicted octanol–water partition coefficient (Wildman–Crippen LogP) is 3.89. The lowest BCUT2D eigenvalue weighted by Gasteiger charge is -2.11. The van der Waals surface area contributed by atoms with E-state index in [0.29, 0.717) is 33.2 Å². The Hall–Kier alpha value is -3.14.